The van der Waals surface area contributed by atoms with Gasteiger partial charge < -0.3 is 5.32 Å². The molecule has 17 heavy (non-hydrogen) atoms. The first-order valence-electron chi connectivity index (χ1n) is 4.92. The molecule has 0 spiro atoms. The fourth-order valence-corrected chi connectivity index (χ4v) is 2.22. The summed E-state index contributed by atoms with van der Waals surface area (Å²) in [5, 5.41) is 12.2. The van der Waals surface area contributed by atoms with E-state index in [9.17, 15) is 4.79 Å². The molecule has 1 N–H and O–H groups in total. The Morgan fingerprint density at radius 2 is 2.41 bits per heavy atom. The number of hydrogen-bond acceptors (Lipinski definition) is 4. The van der Waals surface area contributed by atoms with Gasteiger partial charge in [0.15, 0.2) is 0 Å². The maximum atomic E-state index is 11.8. The van der Waals surface area contributed by atoms with Gasteiger partial charge in [-0.3, -0.25) is 9.78 Å². The fourth-order valence-electron chi connectivity index (χ4n) is 1.36. The summed E-state index contributed by atoms with van der Waals surface area (Å²) in [6.07, 6.45) is 3.09. The molecule has 0 saturated heterocycles. The number of aromatic nitrogens is 1. The molecular formula is C12H9N3OS. The first-order valence-corrected chi connectivity index (χ1v) is 5.74. The predicted octanol–water partition coefficient (Wildman–Crippen LogP) is 2.58. The minimum Gasteiger partial charge on any atom is -0.312 e. The molecule has 1 amide bonds. The van der Waals surface area contributed by atoms with Crippen molar-refractivity contribution in [3.63, 3.8) is 0 Å². The van der Waals surface area contributed by atoms with Crippen LogP contribution in [-0.2, 0) is 0 Å². The van der Waals surface area contributed by atoms with Crippen LogP contribution in [0.3, 0.4) is 0 Å². The lowest BCUT2D eigenvalue weighted by molar-refractivity contribution is 0.102. The molecule has 2 heterocycles. The minimum absolute atomic E-state index is 0.253. The van der Waals surface area contributed by atoms with Crippen molar-refractivity contribution in [2.45, 2.75) is 6.92 Å². The summed E-state index contributed by atoms with van der Waals surface area (Å²) in [7, 11) is 0. The summed E-state index contributed by atoms with van der Waals surface area (Å²) < 4.78 is 0. The summed E-state index contributed by atoms with van der Waals surface area (Å²) in [4.78, 5) is 16.7. The Labute approximate surface area is 103 Å². The zero-order valence-corrected chi connectivity index (χ0v) is 9.91. The summed E-state index contributed by atoms with van der Waals surface area (Å²) in [6, 6.07) is 7.18. The molecule has 0 saturated carbocycles. The molecule has 84 valence electrons. The third-order valence-electron chi connectivity index (χ3n) is 2.13. The van der Waals surface area contributed by atoms with Gasteiger partial charge in [0.05, 0.1) is 11.1 Å². The molecule has 4 nitrogen and oxygen atoms in total. The Morgan fingerprint density at radius 3 is 3.06 bits per heavy atom. The van der Waals surface area contributed by atoms with E-state index < -0.39 is 0 Å². The largest absolute Gasteiger partial charge is 0.312 e. The maximum absolute atomic E-state index is 11.8. The highest BCUT2D eigenvalue weighted by molar-refractivity contribution is 7.16. The molecule has 2 rings (SSSR count). The van der Waals surface area contributed by atoms with Gasteiger partial charge in [-0.25, -0.2) is 0 Å². The van der Waals surface area contributed by atoms with E-state index in [0.717, 1.165) is 4.88 Å². The second kappa shape index (κ2) is 4.76. The molecule has 0 aliphatic heterocycles. The van der Waals surface area contributed by atoms with Gasteiger partial charge in [0, 0.05) is 17.3 Å². The Balaban J connectivity index is 2.22. The molecule has 0 unspecified atom stereocenters. The Kier molecular flexibility index (Phi) is 3.17. The smallest absolute Gasteiger partial charge is 0.257 e. The third kappa shape index (κ3) is 2.49. The highest BCUT2D eigenvalue weighted by Crippen LogP contribution is 2.27. The van der Waals surface area contributed by atoms with Crippen molar-refractivity contribution >= 4 is 22.2 Å². The fraction of sp³-hybridized carbons (Fsp3) is 0.0833. The monoisotopic (exact) mass is 243 g/mol. The van der Waals surface area contributed by atoms with Gasteiger partial charge in [-0.2, -0.15) is 5.26 Å². The average Bonchev–Trinajstić information content (AvgIpc) is 2.70. The van der Waals surface area contributed by atoms with Gasteiger partial charge >= 0.3 is 0 Å². The standard InChI is InChI=1S/C12H9N3OS/c1-8-5-10(6-13)12(17-8)15-11(16)9-3-2-4-14-7-9/h2-5,7H,1H3,(H,15,16). The Bertz CT molecular complexity index is 584. The van der Waals surface area contributed by atoms with E-state index >= 15 is 0 Å². The normalized spacial score (nSPS) is 9.65. The van der Waals surface area contributed by atoms with E-state index in [-0.39, 0.29) is 5.91 Å². The van der Waals surface area contributed by atoms with Crippen molar-refractivity contribution in [3.8, 4) is 6.07 Å². The SMILES string of the molecule is Cc1cc(C#N)c(NC(=O)c2cccnc2)s1. The predicted molar refractivity (Wildman–Crippen MR) is 66.0 cm³/mol. The van der Waals surface area contributed by atoms with Crippen LogP contribution in [0.5, 0.6) is 0 Å². The average molecular weight is 243 g/mol. The van der Waals surface area contributed by atoms with Crippen molar-refractivity contribution in [2.75, 3.05) is 5.32 Å². The first-order chi connectivity index (χ1) is 8.20. The number of rotatable bonds is 2. The molecule has 0 fully saturated rings. The van der Waals surface area contributed by atoms with E-state index in [1.807, 2.05) is 6.92 Å². The number of hydrogen-bond donors (Lipinski definition) is 1. The zero-order chi connectivity index (χ0) is 12.3. The zero-order valence-electron chi connectivity index (χ0n) is 9.10. The molecule has 2 aromatic heterocycles. The van der Waals surface area contributed by atoms with Crippen LogP contribution in [0.2, 0.25) is 0 Å². The number of amides is 1. The van der Waals surface area contributed by atoms with Crippen LogP contribution in [0.1, 0.15) is 20.8 Å². The molecular weight excluding hydrogens is 234 g/mol. The Morgan fingerprint density at radius 1 is 1.59 bits per heavy atom. The number of carbonyl (C=O) groups is 1. The number of carbonyl (C=O) groups excluding carboxylic acids is 1. The summed E-state index contributed by atoms with van der Waals surface area (Å²) in [5.74, 6) is -0.253. The van der Waals surface area contributed by atoms with Crippen LogP contribution in [0.25, 0.3) is 0 Å². The molecule has 5 heteroatoms. The Hall–Kier alpha value is -2.19. The van der Waals surface area contributed by atoms with Crippen molar-refractivity contribution in [1.82, 2.24) is 4.98 Å². The molecule has 0 bridgehead atoms. The first kappa shape index (κ1) is 11.3. The topological polar surface area (TPSA) is 65.8 Å². The van der Waals surface area contributed by atoms with Crippen LogP contribution in [-0.4, -0.2) is 10.9 Å². The quantitative estimate of drug-likeness (QED) is 0.881. The van der Waals surface area contributed by atoms with Gasteiger partial charge in [-0.15, -0.1) is 11.3 Å². The van der Waals surface area contributed by atoms with E-state index in [0.29, 0.717) is 16.1 Å². The second-order valence-corrected chi connectivity index (χ2v) is 4.66. The lowest BCUT2D eigenvalue weighted by atomic mass is 10.2. The van der Waals surface area contributed by atoms with Gasteiger partial charge in [-0.05, 0) is 25.1 Å². The lowest BCUT2D eigenvalue weighted by Crippen LogP contribution is -2.11. The molecule has 2 aromatic rings. The number of nitrogens with one attached hydrogen (secondary N) is 1. The molecule has 0 atom stereocenters. The molecule has 0 aromatic carbocycles. The van der Waals surface area contributed by atoms with E-state index in [2.05, 4.69) is 16.4 Å². The third-order valence-corrected chi connectivity index (χ3v) is 3.09. The van der Waals surface area contributed by atoms with Crippen LogP contribution >= 0.6 is 11.3 Å². The van der Waals surface area contributed by atoms with Gasteiger partial charge in [-0.1, -0.05) is 0 Å². The van der Waals surface area contributed by atoms with Crippen LogP contribution < -0.4 is 5.32 Å². The van der Waals surface area contributed by atoms with Gasteiger partial charge in [0.25, 0.3) is 5.91 Å². The lowest BCUT2D eigenvalue weighted by Gasteiger charge is -2.02. The van der Waals surface area contributed by atoms with E-state index in [1.165, 1.54) is 17.5 Å². The number of thiophene rings is 1. The summed E-state index contributed by atoms with van der Waals surface area (Å²) in [5.41, 5.74) is 0.965. The summed E-state index contributed by atoms with van der Waals surface area (Å²) >= 11 is 1.39. The maximum Gasteiger partial charge on any atom is 0.257 e. The highest BCUT2D eigenvalue weighted by atomic mass is 32.1. The van der Waals surface area contributed by atoms with Gasteiger partial charge in [0.1, 0.15) is 11.1 Å². The van der Waals surface area contributed by atoms with Crippen molar-refractivity contribution in [2.24, 2.45) is 0 Å². The second-order valence-electron chi connectivity index (χ2n) is 3.41. The number of anilines is 1. The van der Waals surface area contributed by atoms with Crippen LogP contribution in [0.4, 0.5) is 5.00 Å². The number of aryl methyl sites for hydroxylation is 1. The van der Waals surface area contributed by atoms with E-state index in [4.69, 9.17) is 5.26 Å². The van der Waals surface area contributed by atoms with Crippen molar-refractivity contribution < 1.29 is 4.79 Å². The van der Waals surface area contributed by atoms with Crippen LogP contribution in [0.15, 0.2) is 30.6 Å². The van der Waals surface area contributed by atoms with Gasteiger partial charge in [0.2, 0.25) is 0 Å². The molecule has 0 radical (unpaired) electrons. The van der Waals surface area contributed by atoms with Crippen molar-refractivity contribution in [1.29, 1.82) is 5.26 Å². The number of pyridine rings is 1. The van der Waals surface area contributed by atoms with E-state index in [1.54, 1.807) is 24.4 Å². The molecule has 0 aliphatic rings. The molecule has 0 aliphatic carbocycles. The minimum atomic E-state index is -0.253. The number of nitrogens with zero attached hydrogens (tertiary/aromatic N) is 2. The van der Waals surface area contributed by atoms with Crippen LogP contribution in [0, 0.1) is 18.3 Å². The summed E-state index contributed by atoms with van der Waals surface area (Å²) in [6.45, 7) is 1.89. The van der Waals surface area contributed by atoms with Crippen molar-refractivity contribution in [3.05, 3.63) is 46.6 Å². The highest BCUT2D eigenvalue weighted by Gasteiger charge is 2.11. The number of nitriles is 1.